The molecule has 31 heavy (non-hydrogen) atoms. The first-order valence-corrected chi connectivity index (χ1v) is 9.06. The van der Waals surface area contributed by atoms with Gasteiger partial charge in [-0.3, -0.25) is 14.9 Å². The number of nitro benzene ring substituents is 1. The molecule has 0 spiro atoms. The monoisotopic (exact) mass is 419 g/mol. The van der Waals surface area contributed by atoms with Gasteiger partial charge in [0.2, 0.25) is 0 Å². The smallest absolute Gasteiger partial charge is 0.343 e. The van der Waals surface area contributed by atoms with Gasteiger partial charge in [0.05, 0.1) is 16.7 Å². The van der Waals surface area contributed by atoms with Gasteiger partial charge in [0.15, 0.2) is 6.10 Å². The van der Waals surface area contributed by atoms with Crippen molar-refractivity contribution in [3.63, 3.8) is 0 Å². The molecule has 0 aromatic heterocycles. The third-order valence-electron chi connectivity index (χ3n) is 4.16. The highest BCUT2D eigenvalue weighted by atomic mass is 16.6. The molecule has 3 rings (SSSR count). The van der Waals surface area contributed by atoms with Crippen molar-refractivity contribution in [1.29, 1.82) is 0 Å². The number of ether oxygens (including phenoxy) is 1. The molecule has 0 unspecified atom stereocenters. The van der Waals surface area contributed by atoms with Gasteiger partial charge >= 0.3 is 5.97 Å². The molecule has 0 heterocycles. The van der Waals surface area contributed by atoms with Crippen LogP contribution in [0, 0.1) is 10.1 Å². The van der Waals surface area contributed by atoms with Gasteiger partial charge in [-0.05, 0) is 47.5 Å². The van der Waals surface area contributed by atoms with Crippen LogP contribution in [-0.2, 0) is 4.79 Å². The normalized spacial score (nSPS) is 11.6. The Bertz CT molecular complexity index is 1100. The number of amides is 1. The van der Waals surface area contributed by atoms with Gasteiger partial charge < -0.3 is 9.84 Å². The third kappa shape index (κ3) is 5.81. The van der Waals surface area contributed by atoms with Crippen LogP contribution in [0.25, 0.3) is 0 Å². The van der Waals surface area contributed by atoms with Gasteiger partial charge in [-0.15, -0.1) is 0 Å². The fraction of sp³-hybridized carbons (Fsp3) is 0.0455. The molecular weight excluding hydrogens is 402 g/mol. The molecule has 0 fully saturated rings. The Morgan fingerprint density at radius 2 is 1.65 bits per heavy atom. The van der Waals surface area contributed by atoms with Crippen molar-refractivity contribution < 1.29 is 24.4 Å². The van der Waals surface area contributed by atoms with Crippen molar-refractivity contribution in [2.45, 2.75) is 6.10 Å². The minimum absolute atomic E-state index is 0.122. The zero-order chi connectivity index (χ0) is 22.2. The zero-order valence-corrected chi connectivity index (χ0v) is 16.0. The molecule has 1 amide bonds. The van der Waals surface area contributed by atoms with Crippen LogP contribution in [0.5, 0.6) is 5.75 Å². The number of nitrogens with zero attached hydrogens (tertiary/aromatic N) is 2. The summed E-state index contributed by atoms with van der Waals surface area (Å²) in [6.07, 6.45) is 0.0388. The van der Waals surface area contributed by atoms with E-state index in [2.05, 4.69) is 10.5 Å². The molecular formula is C22H17N3O6. The summed E-state index contributed by atoms with van der Waals surface area (Å²) >= 11 is 0. The van der Waals surface area contributed by atoms with E-state index in [1.807, 2.05) is 0 Å². The number of carbonyl (C=O) groups excluding carboxylic acids is 2. The van der Waals surface area contributed by atoms with E-state index in [1.165, 1.54) is 42.6 Å². The lowest BCUT2D eigenvalue weighted by atomic mass is 10.1. The van der Waals surface area contributed by atoms with Crippen LogP contribution in [0.4, 0.5) is 5.69 Å². The lowest BCUT2D eigenvalue weighted by molar-refractivity contribution is -0.384. The summed E-state index contributed by atoms with van der Waals surface area (Å²) in [6.45, 7) is 0. The highest BCUT2D eigenvalue weighted by Gasteiger charge is 2.16. The fourth-order valence-electron chi connectivity index (χ4n) is 2.53. The van der Waals surface area contributed by atoms with E-state index in [-0.39, 0.29) is 17.0 Å². The summed E-state index contributed by atoms with van der Waals surface area (Å²) in [6, 6.07) is 19.8. The van der Waals surface area contributed by atoms with Crippen molar-refractivity contribution in [2.24, 2.45) is 5.10 Å². The van der Waals surface area contributed by atoms with Crippen LogP contribution in [0.15, 0.2) is 84.0 Å². The first kappa shape index (κ1) is 21.3. The van der Waals surface area contributed by atoms with Gasteiger partial charge in [-0.25, -0.2) is 10.2 Å². The van der Waals surface area contributed by atoms with Crippen molar-refractivity contribution in [2.75, 3.05) is 0 Å². The Labute approximate surface area is 176 Å². The van der Waals surface area contributed by atoms with Gasteiger partial charge in [0, 0.05) is 12.1 Å². The molecule has 156 valence electrons. The van der Waals surface area contributed by atoms with Gasteiger partial charge in [0.1, 0.15) is 5.75 Å². The molecule has 0 saturated carbocycles. The maximum atomic E-state index is 12.1. The second-order valence-electron chi connectivity index (χ2n) is 6.31. The molecule has 9 heteroatoms. The minimum Gasteiger partial charge on any atom is -0.423 e. The van der Waals surface area contributed by atoms with E-state index in [0.29, 0.717) is 11.1 Å². The average molecular weight is 419 g/mol. The molecule has 0 aliphatic rings. The van der Waals surface area contributed by atoms with Gasteiger partial charge in [-0.1, -0.05) is 30.3 Å². The fourth-order valence-corrected chi connectivity index (χ4v) is 2.53. The molecule has 0 aliphatic heterocycles. The predicted molar refractivity (Wildman–Crippen MR) is 112 cm³/mol. The van der Waals surface area contributed by atoms with E-state index in [9.17, 15) is 24.8 Å². The molecule has 1 atom stereocenters. The second kappa shape index (κ2) is 9.90. The van der Waals surface area contributed by atoms with Crippen LogP contribution in [0.1, 0.15) is 27.6 Å². The maximum Gasteiger partial charge on any atom is 0.343 e. The SMILES string of the molecule is O=C(Oc1ccc(/C=N\NC(=O)[C@H](O)c2ccccc2)cc1)c1ccc([N+](=O)[O-])cc1. The van der Waals surface area contributed by atoms with E-state index < -0.39 is 22.9 Å². The van der Waals surface area contributed by atoms with Gasteiger partial charge in [0.25, 0.3) is 11.6 Å². The third-order valence-corrected chi connectivity index (χ3v) is 4.16. The van der Waals surface area contributed by atoms with Crippen LogP contribution < -0.4 is 10.2 Å². The van der Waals surface area contributed by atoms with Crippen molar-refractivity contribution in [1.82, 2.24) is 5.43 Å². The first-order chi connectivity index (χ1) is 14.9. The molecule has 2 N–H and O–H groups in total. The number of carbonyl (C=O) groups is 2. The van der Waals surface area contributed by atoms with Gasteiger partial charge in [-0.2, -0.15) is 5.10 Å². The number of hydrogen-bond acceptors (Lipinski definition) is 7. The number of aliphatic hydroxyl groups is 1. The number of nitrogens with one attached hydrogen (secondary N) is 1. The van der Waals surface area contributed by atoms with E-state index in [1.54, 1.807) is 42.5 Å². The number of hydrazone groups is 1. The standard InChI is InChI=1S/C22H17N3O6/c26-20(16-4-2-1-3-5-16)21(27)24-23-14-15-6-12-19(13-7-15)31-22(28)17-8-10-18(11-9-17)25(29)30/h1-14,20,26H,(H,24,27)/b23-14-/t20-/m1/s1. The summed E-state index contributed by atoms with van der Waals surface area (Å²) in [7, 11) is 0. The quantitative estimate of drug-likeness (QED) is 0.199. The molecule has 3 aromatic carbocycles. The highest BCUT2D eigenvalue weighted by Crippen LogP contribution is 2.16. The number of rotatable bonds is 7. The van der Waals surface area contributed by atoms with E-state index >= 15 is 0 Å². The maximum absolute atomic E-state index is 12.1. The summed E-state index contributed by atoms with van der Waals surface area (Å²) in [4.78, 5) is 34.2. The van der Waals surface area contributed by atoms with Crippen LogP contribution in [0.2, 0.25) is 0 Å². The second-order valence-corrected chi connectivity index (χ2v) is 6.31. The topological polar surface area (TPSA) is 131 Å². The Kier molecular flexibility index (Phi) is 6.82. The molecule has 0 aliphatic carbocycles. The van der Waals surface area contributed by atoms with Crippen LogP contribution in [-0.4, -0.2) is 28.1 Å². The molecule has 0 radical (unpaired) electrons. The Morgan fingerprint density at radius 1 is 1.00 bits per heavy atom. The number of hydrogen-bond donors (Lipinski definition) is 2. The van der Waals surface area contributed by atoms with Crippen molar-refractivity contribution in [3.05, 3.63) is 106 Å². The molecule has 3 aromatic rings. The molecule has 9 nitrogen and oxygen atoms in total. The highest BCUT2D eigenvalue weighted by molar-refractivity contribution is 5.91. The summed E-state index contributed by atoms with van der Waals surface area (Å²) in [5.74, 6) is -1.06. The Balaban J connectivity index is 1.54. The molecule has 0 saturated heterocycles. The Morgan fingerprint density at radius 3 is 2.26 bits per heavy atom. The number of benzene rings is 3. The van der Waals surface area contributed by atoms with Crippen molar-refractivity contribution >= 4 is 23.8 Å². The largest absolute Gasteiger partial charge is 0.423 e. The molecule has 0 bridgehead atoms. The van der Waals surface area contributed by atoms with Crippen LogP contribution >= 0.6 is 0 Å². The summed E-state index contributed by atoms with van der Waals surface area (Å²) in [5, 5.41) is 24.4. The number of aliphatic hydroxyl groups excluding tert-OH is 1. The summed E-state index contributed by atoms with van der Waals surface area (Å²) in [5.41, 5.74) is 3.38. The van der Waals surface area contributed by atoms with Crippen molar-refractivity contribution in [3.8, 4) is 5.75 Å². The number of esters is 1. The van der Waals surface area contributed by atoms with E-state index in [4.69, 9.17) is 4.74 Å². The lowest BCUT2D eigenvalue weighted by Crippen LogP contribution is -2.25. The zero-order valence-electron chi connectivity index (χ0n) is 16.0. The minimum atomic E-state index is -1.33. The summed E-state index contributed by atoms with van der Waals surface area (Å²) < 4.78 is 5.22. The predicted octanol–water partition coefficient (Wildman–Crippen LogP) is 3.00. The lowest BCUT2D eigenvalue weighted by Gasteiger charge is -2.08. The Hall–Kier alpha value is -4.37. The number of nitro groups is 1. The van der Waals surface area contributed by atoms with Crippen LogP contribution in [0.3, 0.4) is 0 Å². The first-order valence-electron chi connectivity index (χ1n) is 9.06. The average Bonchev–Trinajstić information content (AvgIpc) is 2.80. The number of non-ortho nitro benzene ring substituents is 1. The van der Waals surface area contributed by atoms with E-state index in [0.717, 1.165) is 0 Å².